The molecule has 0 bridgehead atoms. The molecule has 0 atom stereocenters. The number of nitrogens with zero attached hydrogens (tertiary/aromatic N) is 1. The van der Waals surface area contributed by atoms with Gasteiger partial charge in [-0.15, -0.1) is 11.3 Å². The second-order valence-corrected chi connectivity index (χ2v) is 7.81. The fourth-order valence-electron chi connectivity index (χ4n) is 2.49. The van der Waals surface area contributed by atoms with Crippen LogP contribution >= 0.6 is 11.3 Å². The Morgan fingerprint density at radius 1 is 1.39 bits per heavy atom. The maximum absolute atomic E-state index is 12.6. The summed E-state index contributed by atoms with van der Waals surface area (Å²) in [5.41, 5.74) is 1.17. The summed E-state index contributed by atoms with van der Waals surface area (Å²) in [6.45, 7) is 5.47. The maximum atomic E-state index is 12.6. The van der Waals surface area contributed by atoms with Crippen LogP contribution < -0.4 is 4.72 Å². The molecule has 2 aromatic rings. The van der Waals surface area contributed by atoms with Gasteiger partial charge in [-0.3, -0.25) is 0 Å². The van der Waals surface area contributed by atoms with Crippen LogP contribution in [0.5, 0.6) is 0 Å². The molecule has 0 fully saturated rings. The number of aromatic nitrogens is 1. The summed E-state index contributed by atoms with van der Waals surface area (Å²) in [4.78, 5) is 13.1. The fourth-order valence-corrected chi connectivity index (χ4v) is 4.74. The molecule has 0 radical (unpaired) electrons. The van der Waals surface area contributed by atoms with Crippen LogP contribution in [0.25, 0.3) is 0 Å². The van der Waals surface area contributed by atoms with Crippen LogP contribution in [-0.4, -0.2) is 25.6 Å². The van der Waals surface area contributed by atoms with Gasteiger partial charge < -0.3 is 9.30 Å². The zero-order valence-corrected chi connectivity index (χ0v) is 15.2. The second kappa shape index (κ2) is 6.86. The van der Waals surface area contributed by atoms with Gasteiger partial charge >= 0.3 is 5.97 Å². The quantitative estimate of drug-likeness (QED) is 0.806. The van der Waals surface area contributed by atoms with Crippen molar-refractivity contribution in [1.29, 1.82) is 0 Å². The van der Waals surface area contributed by atoms with E-state index in [0.29, 0.717) is 11.3 Å². The van der Waals surface area contributed by atoms with Crippen molar-refractivity contribution in [2.45, 2.75) is 32.2 Å². The predicted molar refractivity (Wildman–Crippen MR) is 89.2 cm³/mol. The van der Waals surface area contributed by atoms with Gasteiger partial charge in [0, 0.05) is 29.7 Å². The van der Waals surface area contributed by atoms with Gasteiger partial charge in [0.1, 0.15) is 10.6 Å². The van der Waals surface area contributed by atoms with Crippen LogP contribution in [0, 0.1) is 13.8 Å². The standard InChI is InChI=1S/C15H20N2O4S2/c1-5-21-15(18)13-10(2)14(11(3)17(13)4)23(19,20)16-9-12-7-6-8-22-12/h6-8,16H,5,9H2,1-4H3. The number of hydrogen-bond acceptors (Lipinski definition) is 5. The van der Waals surface area contributed by atoms with Crippen molar-refractivity contribution in [2.24, 2.45) is 7.05 Å². The Kier molecular flexibility index (Phi) is 5.28. The molecule has 126 valence electrons. The Labute approximate surface area is 140 Å². The first-order chi connectivity index (χ1) is 10.8. The Morgan fingerprint density at radius 3 is 2.65 bits per heavy atom. The lowest BCUT2D eigenvalue weighted by Crippen LogP contribution is -2.24. The molecule has 0 spiro atoms. The van der Waals surface area contributed by atoms with Gasteiger partial charge in [0.15, 0.2) is 0 Å². The lowest BCUT2D eigenvalue weighted by Gasteiger charge is -2.07. The van der Waals surface area contributed by atoms with E-state index >= 15 is 0 Å². The van der Waals surface area contributed by atoms with Crippen molar-refractivity contribution < 1.29 is 17.9 Å². The van der Waals surface area contributed by atoms with E-state index in [1.807, 2.05) is 17.5 Å². The first kappa shape index (κ1) is 17.7. The normalized spacial score (nSPS) is 11.7. The molecule has 2 aromatic heterocycles. The van der Waals surface area contributed by atoms with Gasteiger partial charge in [0.2, 0.25) is 10.0 Å². The van der Waals surface area contributed by atoms with Crippen LogP contribution in [0.3, 0.4) is 0 Å². The third-order valence-electron chi connectivity index (χ3n) is 3.62. The average molecular weight is 356 g/mol. The lowest BCUT2D eigenvalue weighted by atomic mass is 10.2. The smallest absolute Gasteiger partial charge is 0.355 e. The highest BCUT2D eigenvalue weighted by Gasteiger charge is 2.29. The number of rotatable bonds is 6. The molecule has 8 heteroatoms. The average Bonchev–Trinajstić information content (AvgIpc) is 3.05. The van der Waals surface area contributed by atoms with Crippen LogP contribution in [0.15, 0.2) is 22.4 Å². The van der Waals surface area contributed by atoms with Crippen LogP contribution in [0.4, 0.5) is 0 Å². The molecule has 0 saturated carbocycles. The minimum Gasteiger partial charge on any atom is -0.461 e. The monoisotopic (exact) mass is 356 g/mol. The molecule has 2 heterocycles. The van der Waals surface area contributed by atoms with Crippen molar-refractivity contribution in [3.8, 4) is 0 Å². The minimum atomic E-state index is -3.72. The molecule has 23 heavy (non-hydrogen) atoms. The van der Waals surface area contributed by atoms with Gasteiger partial charge in [0.25, 0.3) is 0 Å². The minimum absolute atomic E-state index is 0.139. The first-order valence-corrected chi connectivity index (χ1v) is 9.51. The molecular formula is C15H20N2O4S2. The summed E-state index contributed by atoms with van der Waals surface area (Å²) in [5, 5.41) is 1.89. The van der Waals surface area contributed by atoms with E-state index in [2.05, 4.69) is 4.72 Å². The lowest BCUT2D eigenvalue weighted by molar-refractivity contribution is 0.0514. The predicted octanol–water partition coefficient (Wildman–Crippen LogP) is 2.36. The summed E-state index contributed by atoms with van der Waals surface area (Å²) in [5.74, 6) is -0.518. The van der Waals surface area contributed by atoms with E-state index < -0.39 is 16.0 Å². The van der Waals surface area contributed by atoms with Crippen LogP contribution in [0.2, 0.25) is 0 Å². The summed E-state index contributed by atoms with van der Waals surface area (Å²) in [6.07, 6.45) is 0. The highest BCUT2D eigenvalue weighted by atomic mass is 32.2. The summed E-state index contributed by atoms with van der Waals surface area (Å²) < 4.78 is 34.5. The van der Waals surface area contributed by atoms with E-state index in [1.165, 1.54) is 11.3 Å². The summed E-state index contributed by atoms with van der Waals surface area (Å²) >= 11 is 1.48. The molecule has 0 saturated heterocycles. The van der Waals surface area contributed by atoms with E-state index in [1.54, 1.807) is 32.4 Å². The van der Waals surface area contributed by atoms with E-state index in [4.69, 9.17) is 4.74 Å². The topological polar surface area (TPSA) is 77.4 Å². The molecule has 1 N–H and O–H groups in total. The molecule has 0 aliphatic rings. The zero-order chi connectivity index (χ0) is 17.2. The fraction of sp³-hybridized carbons (Fsp3) is 0.400. The van der Waals surface area contributed by atoms with E-state index in [9.17, 15) is 13.2 Å². The molecule has 0 aliphatic heterocycles. The molecule has 0 unspecified atom stereocenters. The number of carbonyl (C=O) groups excluding carboxylic acids is 1. The van der Waals surface area contributed by atoms with Gasteiger partial charge in [0.05, 0.1) is 6.61 Å². The number of hydrogen-bond donors (Lipinski definition) is 1. The Morgan fingerprint density at radius 2 is 2.09 bits per heavy atom. The number of sulfonamides is 1. The van der Waals surface area contributed by atoms with Crippen molar-refractivity contribution in [2.75, 3.05) is 6.61 Å². The molecule has 0 aromatic carbocycles. The van der Waals surface area contributed by atoms with Gasteiger partial charge in [-0.1, -0.05) is 6.07 Å². The third-order valence-corrected chi connectivity index (χ3v) is 6.16. The molecule has 0 aliphatic carbocycles. The van der Waals surface area contributed by atoms with Crippen molar-refractivity contribution >= 4 is 27.3 Å². The first-order valence-electron chi connectivity index (χ1n) is 7.14. The molecule has 2 rings (SSSR count). The van der Waals surface area contributed by atoms with E-state index in [0.717, 1.165) is 4.88 Å². The van der Waals surface area contributed by atoms with Crippen molar-refractivity contribution in [3.63, 3.8) is 0 Å². The van der Waals surface area contributed by atoms with Crippen molar-refractivity contribution in [3.05, 3.63) is 39.3 Å². The summed E-state index contributed by atoms with van der Waals surface area (Å²) in [7, 11) is -2.06. The summed E-state index contributed by atoms with van der Waals surface area (Å²) in [6, 6.07) is 3.73. The highest BCUT2D eigenvalue weighted by molar-refractivity contribution is 7.89. The SMILES string of the molecule is CCOC(=O)c1c(C)c(S(=O)(=O)NCc2cccs2)c(C)n1C. The van der Waals surface area contributed by atoms with Gasteiger partial charge in [-0.2, -0.15) is 0 Å². The van der Waals surface area contributed by atoms with Gasteiger partial charge in [-0.05, 0) is 32.2 Å². The zero-order valence-electron chi connectivity index (χ0n) is 13.5. The van der Waals surface area contributed by atoms with Crippen LogP contribution in [0.1, 0.15) is 33.5 Å². The third kappa shape index (κ3) is 3.49. The Balaban J connectivity index is 2.38. The number of thiophene rings is 1. The Hall–Kier alpha value is -1.64. The largest absolute Gasteiger partial charge is 0.461 e. The maximum Gasteiger partial charge on any atom is 0.355 e. The van der Waals surface area contributed by atoms with Crippen molar-refractivity contribution in [1.82, 2.24) is 9.29 Å². The highest BCUT2D eigenvalue weighted by Crippen LogP contribution is 2.26. The molecule has 6 nitrogen and oxygen atoms in total. The second-order valence-electron chi connectivity index (χ2n) is 5.07. The Bertz CT molecular complexity index is 805. The number of carbonyl (C=O) groups is 1. The number of nitrogens with one attached hydrogen (secondary N) is 1. The number of esters is 1. The molecular weight excluding hydrogens is 336 g/mol. The number of ether oxygens (including phenoxy) is 1. The van der Waals surface area contributed by atoms with Crippen LogP contribution in [-0.2, 0) is 28.4 Å². The van der Waals surface area contributed by atoms with Gasteiger partial charge in [-0.25, -0.2) is 17.9 Å². The molecule has 0 amide bonds. The van der Waals surface area contributed by atoms with E-state index in [-0.39, 0.29) is 23.7 Å².